The van der Waals surface area contributed by atoms with Crippen LogP contribution in [0.5, 0.6) is 0 Å². The Balaban J connectivity index is 2.52. The first kappa shape index (κ1) is 12.6. The summed E-state index contributed by atoms with van der Waals surface area (Å²) in [6.45, 7) is 0. The van der Waals surface area contributed by atoms with E-state index < -0.39 is 17.7 Å². The van der Waals surface area contributed by atoms with Crippen molar-refractivity contribution >= 4 is 17.5 Å². The lowest BCUT2D eigenvalue weighted by atomic mass is 10.1. The molecule has 2 rings (SSSR count). The first-order valence-corrected chi connectivity index (χ1v) is 5.56. The monoisotopic (exact) mass is 272 g/mol. The maximum Gasteiger partial charge on any atom is 0.416 e. The van der Waals surface area contributed by atoms with Crippen LogP contribution in [0, 0.1) is 0 Å². The van der Waals surface area contributed by atoms with Crippen molar-refractivity contribution in [2.45, 2.75) is 6.18 Å². The third-order valence-electron chi connectivity index (χ3n) is 2.25. The first-order valence-electron chi connectivity index (χ1n) is 4.73. The summed E-state index contributed by atoms with van der Waals surface area (Å²) in [5.74, 6) is -1.46. The highest BCUT2D eigenvalue weighted by Crippen LogP contribution is 2.32. The molecule has 18 heavy (non-hydrogen) atoms. The van der Waals surface area contributed by atoms with Gasteiger partial charge in [-0.1, -0.05) is 12.1 Å². The summed E-state index contributed by atoms with van der Waals surface area (Å²) in [4.78, 5) is 10.8. The van der Waals surface area contributed by atoms with Crippen molar-refractivity contribution in [3.05, 3.63) is 40.8 Å². The van der Waals surface area contributed by atoms with Crippen LogP contribution >= 0.6 is 11.5 Å². The van der Waals surface area contributed by atoms with E-state index in [0.717, 1.165) is 23.7 Å². The average molecular weight is 272 g/mol. The molecule has 3 nitrogen and oxygen atoms in total. The number of alkyl halides is 3. The molecule has 94 valence electrons. The van der Waals surface area contributed by atoms with Gasteiger partial charge in [0.25, 0.3) is 0 Å². The summed E-state index contributed by atoms with van der Waals surface area (Å²) in [6, 6.07) is 4.35. The van der Waals surface area contributed by atoms with E-state index in [-0.39, 0.29) is 16.8 Å². The van der Waals surface area contributed by atoms with Crippen molar-refractivity contribution in [3.63, 3.8) is 0 Å². The SMILES string of the molecule is O=C([O-])c1csnc1-c1cccc(C(F)(F)F)c1. The Hall–Kier alpha value is -1.89. The number of hydrogen-bond acceptors (Lipinski definition) is 4. The average Bonchev–Trinajstić information content (AvgIpc) is 2.77. The van der Waals surface area contributed by atoms with Crippen molar-refractivity contribution in [1.29, 1.82) is 0 Å². The van der Waals surface area contributed by atoms with Gasteiger partial charge in [0.1, 0.15) is 0 Å². The van der Waals surface area contributed by atoms with Gasteiger partial charge in [-0.3, -0.25) is 0 Å². The number of benzene rings is 1. The third kappa shape index (κ3) is 2.35. The van der Waals surface area contributed by atoms with Crippen molar-refractivity contribution in [1.82, 2.24) is 4.37 Å². The van der Waals surface area contributed by atoms with Gasteiger partial charge in [0, 0.05) is 16.5 Å². The second-order valence-corrected chi connectivity index (χ2v) is 4.07. The van der Waals surface area contributed by atoms with Gasteiger partial charge >= 0.3 is 6.18 Å². The minimum Gasteiger partial charge on any atom is -0.545 e. The third-order valence-corrected chi connectivity index (χ3v) is 2.88. The zero-order valence-electron chi connectivity index (χ0n) is 8.69. The van der Waals surface area contributed by atoms with Crippen LogP contribution in [0.25, 0.3) is 11.3 Å². The molecule has 0 radical (unpaired) electrons. The van der Waals surface area contributed by atoms with Gasteiger partial charge < -0.3 is 9.90 Å². The number of carboxylic acid groups (broad SMARTS) is 1. The maximum atomic E-state index is 12.5. The number of aromatic carboxylic acids is 1. The molecule has 0 fully saturated rings. The fourth-order valence-electron chi connectivity index (χ4n) is 1.43. The second-order valence-electron chi connectivity index (χ2n) is 3.44. The topological polar surface area (TPSA) is 53.0 Å². The molecule has 7 heteroatoms. The van der Waals surface area contributed by atoms with Crippen LogP contribution in [0.2, 0.25) is 0 Å². The van der Waals surface area contributed by atoms with Crippen LogP contribution in [-0.2, 0) is 6.18 Å². The molecule has 0 N–H and O–H groups in total. The summed E-state index contributed by atoms with van der Waals surface area (Å²) < 4.78 is 41.4. The van der Waals surface area contributed by atoms with Gasteiger partial charge in [-0.15, -0.1) is 0 Å². The largest absolute Gasteiger partial charge is 0.545 e. The van der Waals surface area contributed by atoms with Crippen LogP contribution in [-0.4, -0.2) is 10.3 Å². The van der Waals surface area contributed by atoms with Crippen LogP contribution in [0.1, 0.15) is 15.9 Å². The van der Waals surface area contributed by atoms with Gasteiger partial charge in [0.15, 0.2) is 0 Å². The number of carbonyl (C=O) groups excluding carboxylic acids is 1. The normalized spacial score (nSPS) is 11.5. The molecule has 0 aliphatic heterocycles. The molecule has 2 aromatic rings. The summed E-state index contributed by atoms with van der Waals surface area (Å²) in [5, 5.41) is 12.0. The highest BCUT2D eigenvalue weighted by molar-refractivity contribution is 7.04. The maximum absolute atomic E-state index is 12.5. The van der Waals surface area contributed by atoms with Crippen LogP contribution < -0.4 is 5.11 Å². The Morgan fingerprint density at radius 3 is 2.67 bits per heavy atom. The van der Waals surface area contributed by atoms with Gasteiger partial charge in [-0.2, -0.15) is 17.5 Å². The lowest BCUT2D eigenvalue weighted by molar-refractivity contribution is -0.254. The highest BCUT2D eigenvalue weighted by Gasteiger charge is 2.30. The Bertz CT molecular complexity index is 592. The van der Waals surface area contributed by atoms with Crippen LogP contribution in [0.15, 0.2) is 29.6 Å². The molecular weight excluding hydrogens is 267 g/mol. The van der Waals surface area contributed by atoms with Crippen molar-refractivity contribution in [3.8, 4) is 11.3 Å². The first-order chi connectivity index (χ1) is 8.39. The number of nitrogens with zero attached hydrogens (tertiary/aromatic N) is 1. The van der Waals surface area contributed by atoms with E-state index in [0.29, 0.717) is 0 Å². The van der Waals surface area contributed by atoms with Crippen molar-refractivity contribution in [2.24, 2.45) is 0 Å². The van der Waals surface area contributed by atoms with Crippen molar-refractivity contribution in [2.75, 3.05) is 0 Å². The molecule has 0 spiro atoms. The quantitative estimate of drug-likeness (QED) is 0.842. The molecule has 1 heterocycles. The molecule has 0 amide bonds. The molecule has 1 aromatic heterocycles. The molecule has 0 aliphatic carbocycles. The number of carbonyl (C=O) groups is 1. The summed E-state index contributed by atoms with van der Waals surface area (Å²) in [7, 11) is 0. The van der Waals surface area contributed by atoms with E-state index in [9.17, 15) is 23.1 Å². The molecular formula is C11H5F3NO2S-. The Labute approximate surface area is 104 Å². The second kappa shape index (κ2) is 4.41. The Kier molecular flexibility index (Phi) is 3.08. The molecule has 0 aliphatic rings. The number of aromatic nitrogens is 1. The van der Waals surface area contributed by atoms with Gasteiger partial charge in [-0.25, -0.2) is 0 Å². The summed E-state index contributed by atoms with van der Waals surface area (Å²) in [6.07, 6.45) is -4.48. The van der Waals surface area contributed by atoms with E-state index in [1.165, 1.54) is 17.5 Å². The number of rotatable bonds is 2. The minimum atomic E-state index is -4.48. The molecule has 0 unspecified atom stereocenters. The lowest BCUT2D eigenvalue weighted by Crippen LogP contribution is -2.22. The zero-order chi connectivity index (χ0) is 13.3. The van der Waals surface area contributed by atoms with Crippen LogP contribution in [0.4, 0.5) is 13.2 Å². The molecule has 1 aromatic carbocycles. The fraction of sp³-hybridized carbons (Fsp3) is 0.0909. The minimum absolute atomic E-state index is 0.00824. The molecule has 0 saturated heterocycles. The predicted molar refractivity (Wildman–Crippen MR) is 56.9 cm³/mol. The standard InChI is InChI=1S/C11H6F3NO2S/c12-11(13,14)7-3-1-2-6(4-7)9-8(10(16)17)5-18-15-9/h1-5H,(H,16,17)/p-1. The highest BCUT2D eigenvalue weighted by atomic mass is 32.1. The summed E-state index contributed by atoms with van der Waals surface area (Å²) in [5.41, 5.74) is -0.965. The number of halogens is 3. The Morgan fingerprint density at radius 1 is 1.33 bits per heavy atom. The zero-order valence-corrected chi connectivity index (χ0v) is 9.51. The molecule has 0 atom stereocenters. The lowest BCUT2D eigenvalue weighted by Gasteiger charge is -2.08. The molecule has 0 bridgehead atoms. The van der Waals surface area contributed by atoms with E-state index in [1.54, 1.807) is 0 Å². The predicted octanol–water partition coefficient (Wildman–Crippen LogP) is 2.19. The molecule has 0 saturated carbocycles. The van der Waals surface area contributed by atoms with Gasteiger partial charge in [-0.05, 0) is 23.7 Å². The van der Waals surface area contributed by atoms with E-state index in [4.69, 9.17) is 0 Å². The van der Waals surface area contributed by atoms with E-state index in [2.05, 4.69) is 4.37 Å². The van der Waals surface area contributed by atoms with E-state index in [1.807, 2.05) is 0 Å². The summed E-state index contributed by atoms with van der Waals surface area (Å²) >= 11 is 0.851. The van der Waals surface area contributed by atoms with Gasteiger partial charge in [0.2, 0.25) is 0 Å². The van der Waals surface area contributed by atoms with Crippen LogP contribution in [0.3, 0.4) is 0 Å². The fourth-order valence-corrected chi connectivity index (χ4v) is 2.11. The number of carboxylic acids is 1. The van der Waals surface area contributed by atoms with Gasteiger partial charge in [0.05, 0.1) is 17.2 Å². The van der Waals surface area contributed by atoms with E-state index >= 15 is 0 Å². The smallest absolute Gasteiger partial charge is 0.416 e. The Morgan fingerprint density at radius 2 is 2.06 bits per heavy atom. The number of hydrogen-bond donors (Lipinski definition) is 0. The van der Waals surface area contributed by atoms with Crippen molar-refractivity contribution < 1.29 is 23.1 Å².